The summed E-state index contributed by atoms with van der Waals surface area (Å²) in [5.74, 6) is 2.94. The van der Waals surface area contributed by atoms with Crippen LogP contribution >= 0.6 is 12.2 Å². The highest BCUT2D eigenvalue weighted by Crippen LogP contribution is 2.62. The van der Waals surface area contributed by atoms with Gasteiger partial charge in [-0.25, -0.2) is 0 Å². The van der Waals surface area contributed by atoms with Gasteiger partial charge in [-0.05, 0) is 92.4 Å². The molecule has 0 heterocycles. The summed E-state index contributed by atoms with van der Waals surface area (Å²) in [6.07, 6.45) is 10.3. The summed E-state index contributed by atoms with van der Waals surface area (Å²) in [5.41, 5.74) is 7.25. The van der Waals surface area contributed by atoms with Gasteiger partial charge in [-0.3, -0.25) is 4.99 Å². The van der Waals surface area contributed by atoms with Crippen LogP contribution in [0.1, 0.15) is 64.4 Å². The van der Waals surface area contributed by atoms with Gasteiger partial charge in [0.2, 0.25) is 0 Å². The van der Waals surface area contributed by atoms with Gasteiger partial charge in [0.25, 0.3) is 0 Å². The molecule has 0 amide bonds. The Morgan fingerprint density at radius 2 is 1.69 bits per heavy atom. The molecule has 0 aliphatic heterocycles. The Hall–Kier alpha value is -2.04. The summed E-state index contributed by atoms with van der Waals surface area (Å²) in [4.78, 5) is 5.96. The molecule has 2 aromatic rings. The second-order valence-corrected chi connectivity index (χ2v) is 12.1. The maximum absolute atomic E-state index is 6.70. The molecular formula is C31H40N2OS. The molecule has 2 aromatic carbocycles. The summed E-state index contributed by atoms with van der Waals surface area (Å²) < 4.78 is 6.70. The molecular weight excluding hydrogens is 448 g/mol. The number of aliphatic imine (C=N–C) groups is 1. The maximum Gasteiger partial charge on any atom is 0.119 e. The molecule has 5 unspecified atom stereocenters. The Morgan fingerprint density at radius 1 is 1.03 bits per heavy atom. The SMILES string of the molecule is CC1C(Oc2ccccc2)C2CC(C)(c3ccccc3)CC1(C(=S)/N=C/C1CCC(CN)CC1)C2. The van der Waals surface area contributed by atoms with E-state index in [2.05, 4.69) is 74.7 Å². The summed E-state index contributed by atoms with van der Waals surface area (Å²) in [5, 5.41) is 0. The Morgan fingerprint density at radius 3 is 2.34 bits per heavy atom. The molecule has 5 rings (SSSR count). The van der Waals surface area contributed by atoms with Crippen LogP contribution in [0.4, 0.5) is 0 Å². The normalized spacial score (nSPS) is 36.8. The van der Waals surface area contributed by atoms with Crippen LogP contribution in [-0.2, 0) is 5.41 Å². The standard InChI is InChI=1S/C31H40N2OS/c1-22-28(34-27-11-7-4-8-12-27)25-17-30(2,26-9-5-3-6-10-26)21-31(22,18-25)29(35)33-20-24-15-13-23(19-32)14-16-24/h3-12,20,22-25,28H,13-19,21,32H2,1-2H3/b33-20+. The summed E-state index contributed by atoms with van der Waals surface area (Å²) in [7, 11) is 0. The van der Waals surface area contributed by atoms with Gasteiger partial charge in [-0.2, -0.15) is 0 Å². The third kappa shape index (κ3) is 4.84. The van der Waals surface area contributed by atoms with Crippen molar-refractivity contribution in [2.75, 3.05) is 6.54 Å². The molecule has 2 N–H and O–H groups in total. The second-order valence-electron chi connectivity index (χ2n) is 11.7. The number of thiocarbonyl (C=S) groups is 1. The lowest BCUT2D eigenvalue weighted by Gasteiger charge is -2.45. The molecule has 35 heavy (non-hydrogen) atoms. The second kappa shape index (κ2) is 10.1. The predicted octanol–water partition coefficient (Wildman–Crippen LogP) is 6.99. The van der Waals surface area contributed by atoms with Crippen molar-refractivity contribution in [1.82, 2.24) is 0 Å². The lowest BCUT2D eigenvalue weighted by atomic mass is 9.59. The fourth-order valence-corrected chi connectivity index (χ4v) is 7.81. The van der Waals surface area contributed by atoms with E-state index >= 15 is 0 Å². The van der Waals surface area contributed by atoms with Crippen LogP contribution < -0.4 is 10.5 Å². The molecule has 0 saturated heterocycles. The monoisotopic (exact) mass is 488 g/mol. The first-order chi connectivity index (χ1) is 16.9. The Labute approximate surface area is 216 Å². The lowest BCUT2D eigenvalue weighted by molar-refractivity contribution is 0.113. The molecule has 3 aliphatic rings. The van der Waals surface area contributed by atoms with Gasteiger partial charge >= 0.3 is 0 Å². The molecule has 4 heteroatoms. The molecule has 0 aromatic heterocycles. The van der Waals surface area contributed by atoms with Crippen molar-refractivity contribution in [1.29, 1.82) is 0 Å². The van der Waals surface area contributed by atoms with Crippen LogP contribution in [0.3, 0.4) is 0 Å². The van der Waals surface area contributed by atoms with Gasteiger partial charge in [0.1, 0.15) is 16.8 Å². The van der Waals surface area contributed by atoms with Gasteiger partial charge in [0.05, 0.1) is 0 Å². The van der Waals surface area contributed by atoms with Crippen molar-refractivity contribution < 1.29 is 4.74 Å². The van der Waals surface area contributed by atoms with E-state index in [-0.39, 0.29) is 16.9 Å². The maximum atomic E-state index is 6.70. The molecule has 5 atom stereocenters. The van der Waals surface area contributed by atoms with Crippen LogP contribution in [0.15, 0.2) is 65.7 Å². The first-order valence-electron chi connectivity index (χ1n) is 13.5. The van der Waals surface area contributed by atoms with Crippen LogP contribution in [0.25, 0.3) is 0 Å². The zero-order valence-electron chi connectivity index (χ0n) is 21.2. The minimum Gasteiger partial charge on any atom is -0.490 e. The Balaban J connectivity index is 1.43. The van der Waals surface area contributed by atoms with Crippen molar-refractivity contribution >= 4 is 23.4 Å². The highest BCUT2D eigenvalue weighted by molar-refractivity contribution is 7.80. The molecule has 0 spiro atoms. The van der Waals surface area contributed by atoms with Gasteiger partial charge < -0.3 is 10.5 Å². The number of nitrogens with zero attached hydrogens (tertiary/aromatic N) is 1. The number of rotatable bonds is 6. The number of ether oxygens (including phenoxy) is 1. The van der Waals surface area contributed by atoms with E-state index in [1.54, 1.807) is 0 Å². The van der Waals surface area contributed by atoms with Gasteiger partial charge in [-0.15, -0.1) is 0 Å². The molecule has 3 saturated carbocycles. The number of para-hydroxylation sites is 1. The zero-order valence-corrected chi connectivity index (χ0v) is 22.1. The van der Waals surface area contributed by atoms with E-state index in [4.69, 9.17) is 27.7 Å². The number of hydrogen-bond donors (Lipinski definition) is 1. The molecule has 0 radical (unpaired) electrons. The third-order valence-corrected chi connectivity index (χ3v) is 9.93. The van der Waals surface area contributed by atoms with Gasteiger partial charge in [-0.1, -0.05) is 74.6 Å². The first-order valence-corrected chi connectivity index (χ1v) is 13.9. The van der Waals surface area contributed by atoms with Crippen LogP contribution in [0, 0.1) is 29.1 Å². The quantitative estimate of drug-likeness (QED) is 0.352. The Kier molecular flexibility index (Phi) is 7.14. The van der Waals surface area contributed by atoms with Crippen molar-refractivity contribution in [3.05, 3.63) is 66.2 Å². The minimum atomic E-state index is -0.118. The van der Waals surface area contributed by atoms with Gasteiger partial charge in [0.15, 0.2) is 0 Å². The van der Waals surface area contributed by atoms with Crippen molar-refractivity contribution in [3.8, 4) is 5.75 Å². The first kappa shape index (κ1) is 24.6. The number of nitrogens with two attached hydrogens (primary N) is 1. The smallest absolute Gasteiger partial charge is 0.119 e. The summed E-state index contributed by atoms with van der Waals surface area (Å²) >= 11 is 6.20. The van der Waals surface area contributed by atoms with E-state index < -0.39 is 0 Å². The summed E-state index contributed by atoms with van der Waals surface area (Å²) in [6.45, 7) is 5.60. The number of benzene rings is 2. The topological polar surface area (TPSA) is 47.6 Å². The molecule has 186 valence electrons. The van der Waals surface area contributed by atoms with E-state index in [9.17, 15) is 0 Å². The summed E-state index contributed by atoms with van der Waals surface area (Å²) in [6, 6.07) is 21.3. The fraction of sp³-hybridized carbons (Fsp3) is 0.548. The van der Waals surface area contributed by atoms with Crippen LogP contribution in [0.2, 0.25) is 0 Å². The zero-order chi connectivity index (χ0) is 24.5. The average molecular weight is 489 g/mol. The third-order valence-electron chi connectivity index (χ3n) is 9.41. The van der Waals surface area contributed by atoms with E-state index in [1.807, 2.05) is 6.07 Å². The van der Waals surface area contributed by atoms with Gasteiger partial charge in [0, 0.05) is 17.5 Å². The molecule has 2 bridgehead atoms. The van der Waals surface area contributed by atoms with Crippen molar-refractivity contribution in [3.63, 3.8) is 0 Å². The highest BCUT2D eigenvalue weighted by atomic mass is 32.1. The van der Waals surface area contributed by atoms with Crippen LogP contribution in [0.5, 0.6) is 5.75 Å². The largest absolute Gasteiger partial charge is 0.490 e. The number of fused-ring (bicyclic) bond motifs is 2. The van der Waals surface area contributed by atoms with E-state index in [0.29, 0.717) is 23.7 Å². The fourth-order valence-electron chi connectivity index (χ4n) is 7.41. The predicted molar refractivity (Wildman–Crippen MR) is 149 cm³/mol. The lowest BCUT2D eigenvalue weighted by Crippen LogP contribution is -2.42. The molecule has 3 fully saturated rings. The average Bonchev–Trinajstić information content (AvgIpc) is 3.10. The van der Waals surface area contributed by atoms with Crippen LogP contribution in [-0.4, -0.2) is 23.9 Å². The Bertz CT molecular complexity index is 1030. The minimum absolute atomic E-state index is 0.0615. The number of hydrogen-bond acceptors (Lipinski definition) is 3. The van der Waals surface area contributed by atoms with Crippen molar-refractivity contribution in [2.45, 2.75) is 70.3 Å². The van der Waals surface area contributed by atoms with Crippen molar-refractivity contribution in [2.24, 2.45) is 39.8 Å². The van der Waals surface area contributed by atoms with E-state index in [0.717, 1.165) is 36.5 Å². The highest BCUT2D eigenvalue weighted by Gasteiger charge is 2.61. The molecule has 3 nitrogen and oxygen atoms in total. The van der Waals surface area contributed by atoms with E-state index in [1.165, 1.54) is 31.2 Å². The molecule has 3 aliphatic carbocycles.